The first-order chi connectivity index (χ1) is 13.3. The summed E-state index contributed by atoms with van der Waals surface area (Å²) in [5, 5.41) is 21.7. The number of benzene rings is 1. The topological polar surface area (TPSA) is 88.6 Å². The number of hydrogen-bond donors (Lipinski definition) is 1. The largest absolute Gasteiger partial charge is 0.355 e. The number of rotatable bonds is 2. The fourth-order valence-electron chi connectivity index (χ4n) is 3.49. The molecule has 0 saturated carbocycles. The summed E-state index contributed by atoms with van der Waals surface area (Å²) in [4.78, 5) is 11.4. The molecular formula is C21H26N6. The molecule has 2 aromatic rings. The van der Waals surface area contributed by atoms with Gasteiger partial charge in [0.1, 0.15) is 5.69 Å². The zero-order valence-corrected chi connectivity index (χ0v) is 15.7. The van der Waals surface area contributed by atoms with Gasteiger partial charge >= 0.3 is 0 Å². The van der Waals surface area contributed by atoms with Crippen LogP contribution < -0.4 is 10.2 Å². The maximum atomic E-state index is 9.22. The smallest absolute Gasteiger partial charge is 0.178 e. The summed E-state index contributed by atoms with van der Waals surface area (Å²) in [6.45, 7) is 4.31. The Morgan fingerprint density at radius 3 is 1.96 bits per heavy atom. The lowest BCUT2D eigenvalue weighted by Gasteiger charge is -2.29. The Bertz CT molecular complexity index is 799. The summed E-state index contributed by atoms with van der Waals surface area (Å²) >= 11 is 0. The molecule has 2 saturated heterocycles. The van der Waals surface area contributed by atoms with Crippen molar-refractivity contribution in [1.29, 1.82) is 10.5 Å². The number of para-hydroxylation sites is 2. The van der Waals surface area contributed by atoms with E-state index in [0.717, 1.165) is 37.0 Å². The number of fused-ring (bicyclic) bond motifs is 1. The molecule has 4 rings (SSSR count). The highest BCUT2D eigenvalue weighted by molar-refractivity contribution is 5.77. The van der Waals surface area contributed by atoms with Crippen LogP contribution in [0.2, 0.25) is 0 Å². The van der Waals surface area contributed by atoms with Gasteiger partial charge in [-0.05, 0) is 57.3 Å². The Labute approximate surface area is 160 Å². The Kier molecular flexibility index (Phi) is 6.96. The van der Waals surface area contributed by atoms with E-state index < -0.39 is 5.92 Å². The first-order valence-electron chi connectivity index (χ1n) is 9.85. The molecule has 0 bridgehead atoms. The van der Waals surface area contributed by atoms with Crippen LogP contribution in [0.15, 0.2) is 24.3 Å². The van der Waals surface area contributed by atoms with Crippen molar-refractivity contribution >= 4 is 16.9 Å². The molecule has 1 aromatic carbocycles. The minimum absolute atomic E-state index is 0.487. The molecule has 0 spiro atoms. The predicted molar refractivity (Wildman–Crippen MR) is 106 cm³/mol. The van der Waals surface area contributed by atoms with Gasteiger partial charge in [-0.1, -0.05) is 18.6 Å². The van der Waals surface area contributed by atoms with Gasteiger partial charge in [-0.3, -0.25) is 0 Å². The van der Waals surface area contributed by atoms with E-state index >= 15 is 0 Å². The van der Waals surface area contributed by atoms with Gasteiger partial charge in [0.25, 0.3) is 0 Å². The molecule has 2 aliphatic rings. The molecule has 0 unspecified atom stereocenters. The Balaban J connectivity index is 0.000000299. The summed E-state index contributed by atoms with van der Waals surface area (Å²) in [7, 11) is 0. The standard InChI is InChI=1S/C16H15N5.C5H11N/c17-10-12(11-18)15-16(21-8-4-1-5-9-21)20-14-7-3-2-6-13(14)19-15;1-2-4-6-5-3-1/h2-3,6-7,12H,1,4-5,8-9H2;6H,1-5H2. The third-order valence-corrected chi connectivity index (χ3v) is 4.97. The number of nitrogens with one attached hydrogen (secondary N) is 1. The molecule has 2 aliphatic heterocycles. The fraction of sp³-hybridized carbons (Fsp3) is 0.524. The Morgan fingerprint density at radius 1 is 0.852 bits per heavy atom. The van der Waals surface area contributed by atoms with Crippen molar-refractivity contribution in [2.45, 2.75) is 44.4 Å². The van der Waals surface area contributed by atoms with Crippen LogP contribution in [0.3, 0.4) is 0 Å². The lowest BCUT2D eigenvalue weighted by atomic mass is 10.1. The molecule has 140 valence electrons. The zero-order valence-electron chi connectivity index (χ0n) is 15.7. The Hall–Kier alpha value is -2.70. The van der Waals surface area contributed by atoms with E-state index in [2.05, 4.69) is 20.2 Å². The van der Waals surface area contributed by atoms with Crippen molar-refractivity contribution in [2.24, 2.45) is 0 Å². The van der Waals surface area contributed by atoms with E-state index in [1.54, 1.807) is 0 Å². The van der Waals surface area contributed by atoms with Crippen LogP contribution in [0.4, 0.5) is 5.82 Å². The second-order valence-corrected chi connectivity index (χ2v) is 6.97. The van der Waals surface area contributed by atoms with Gasteiger partial charge in [-0.15, -0.1) is 0 Å². The number of aromatic nitrogens is 2. The van der Waals surface area contributed by atoms with Gasteiger partial charge in [0.2, 0.25) is 0 Å². The maximum Gasteiger partial charge on any atom is 0.178 e. The summed E-state index contributed by atoms with van der Waals surface area (Å²) < 4.78 is 0. The van der Waals surface area contributed by atoms with Gasteiger partial charge in [0, 0.05) is 13.1 Å². The van der Waals surface area contributed by atoms with Crippen LogP contribution in [0.25, 0.3) is 11.0 Å². The summed E-state index contributed by atoms with van der Waals surface area (Å²) in [5.74, 6) is -0.180. The first kappa shape index (κ1) is 19.1. The molecule has 6 nitrogen and oxygen atoms in total. The molecule has 1 aromatic heterocycles. The third-order valence-electron chi connectivity index (χ3n) is 4.97. The van der Waals surface area contributed by atoms with Crippen LogP contribution in [-0.2, 0) is 0 Å². The minimum atomic E-state index is -0.876. The van der Waals surface area contributed by atoms with Crippen LogP contribution in [-0.4, -0.2) is 36.1 Å². The summed E-state index contributed by atoms with van der Waals surface area (Å²) in [6, 6.07) is 11.6. The molecule has 0 atom stereocenters. The van der Waals surface area contributed by atoms with Gasteiger partial charge in [-0.2, -0.15) is 10.5 Å². The van der Waals surface area contributed by atoms with E-state index in [-0.39, 0.29) is 0 Å². The summed E-state index contributed by atoms with van der Waals surface area (Å²) in [5.41, 5.74) is 2.01. The maximum absolute atomic E-state index is 9.22. The van der Waals surface area contributed by atoms with E-state index in [1.165, 1.54) is 38.8 Å². The van der Waals surface area contributed by atoms with E-state index in [4.69, 9.17) is 0 Å². The van der Waals surface area contributed by atoms with Gasteiger partial charge in [0.15, 0.2) is 11.7 Å². The normalized spacial score (nSPS) is 16.9. The van der Waals surface area contributed by atoms with E-state index in [0.29, 0.717) is 11.5 Å². The zero-order chi connectivity index (χ0) is 18.9. The lowest BCUT2D eigenvalue weighted by molar-refractivity contribution is 0.520. The molecular weight excluding hydrogens is 336 g/mol. The van der Waals surface area contributed by atoms with Crippen molar-refractivity contribution in [1.82, 2.24) is 15.3 Å². The van der Waals surface area contributed by atoms with E-state index in [9.17, 15) is 10.5 Å². The predicted octanol–water partition coefficient (Wildman–Crippen LogP) is 3.51. The van der Waals surface area contributed by atoms with E-state index in [1.807, 2.05) is 36.4 Å². The van der Waals surface area contributed by atoms with Crippen LogP contribution in [0.1, 0.15) is 50.1 Å². The molecule has 1 N–H and O–H groups in total. The lowest BCUT2D eigenvalue weighted by Crippen LogP contribution is -2.31. The SMILES string of the molecule is C1CCNCC1.N#CC(C#N)c1nc2ccccc2nc1N1CCCCC1. The van der Waals surface area contributed by atoms with Crippen LogP contribution >= 0.6 is 0 Å². The average molecular weight is 362 g/mol. The molecule has 0 aliphatic carbocycles. The highest BCUT2D eigenvalue weighted by atomic mass is 15.2. The minimum Gasteiger partial charge on any atom is -0.355 e. The molecule has 6 heteroatoms. The second kappa shape index (κ2) is 9.85. The number of hydrogen-bond acceptors (Lipinski definition) is 6. The highest BCUT2D eigenvalue weighted by Crippen LogP contribution is 2.28. The molecule has 2 fully saturated rings. The van der Waals surface area contributed by atoms with Gasteiger partial charge in [0.05, 0.1) is 23.2 Å². The number of nitrogens with zero attached hydrogens (tertiary/aromatic N) is 5. The Morgan fingerprint density at radius 2 is 1.44 bits per heavy atom. The first-order valence-corrected chi connectivity index (χ1v) is 9.85. The summed E-state index contributed by atoms with van der Waals surface area (Å²) in [6.07, 6.45) is 7.65. The third kappa shape index (κ3) is 4.93. The van der Waals surface area contributed by atoms with Crippen molar-refractivity contribution in [3.63, 3.8) is 0 Å². The quantitative estimate of drug-likeness (QED) is 0.879. The second-order valence-electron chi connectivity index (χ2n) is 6.97. The molecule has 27 heavy (non-hydrogen) atoms. The fourth-order valence-corrected chi connectivity index (χ4v) is 3.49. The van der Waals surface area contributed by atoms with Crippen molar-refractivity contribution in [3.05, 3.63) is 30.0 Å². The van der Waals surface area contributed by atoms with Crippen LogP contribution in [0, 0.1) is 22.7 Å². The highest BCUT2D eigenvalue weighted by Gasteiger charge is 2.23. The van der Waals surface area contributed by atoms with Gasteiger partial charge in [-0.25, -0.2) is 9.97 Å². The molecule has 3 heterocycles. The average Bonchev–Trinajstić information content (AvgIpc) is 2.76. The van der Waals surface area contributed by atoms with Crippen molar-refractivity contribution < 1.29 is 0 Å². The molecule has 0 radical (unpaired) electrons. The number of piperidine rings is 2. The number of nitriles is 2. The number of anilines is 1. The van der Waals surface area contributed by atoms with Crippen molar-refractivity contribution in [3.8, 4) is 12.1 Å². The van der Waals surface area contributed by atoms with Gasteiger partial charge < -0.3 is 10.2 Å². The van der Waals surface area contributed by atoms with Crippen molar-refractivity contribution in [2.75, 3.05) is 31.1 Å². The monoisotopic (exact) mass is 362 g/mol. The van der Waals surface area contributed by atoms with Crippen LogP contribution in [0.5, 0.6) is 0 Å². The molecule has 0 amide bonds.